The molecule has 0 radical (unpaired) electrons. The molecular formula is C10H13NO2. The second-order valence-electron chi connectivity index (χ2n) is 3.02. The standard InChI is InChI=1S/C10H13NO2/c1-6-4-7(2)9(10(11)12)8(5-6)13-3/h4-5H,1-3H3,(H2,11,12). The average molecular weight is 179 g/mol. The molecule has 3 heteroatoms. The fourth-order valence-electron chi connectivity index (χ4n) is 1.41. The third kappa shape index (κ3) is 1.80. The first-order chi connectivity index (χ1) is 6.06. The molecule has 0 saturated heterocycles. The summed E-state index contributed by atoms with van der Waals surface area (Å²) < 4.78 is 5.07. The minimum absolute atomic E-state index is 0.450. The summed E-state index contributed by atoms with van der Waals surface area (Å²) in [6.45, 7) is 3.79. The van der Waals surface area contributed by atoms with E-state index < -0.39 is 5.91 Å². The molecule has 1 amide bonds. The first-order valence-electron chi connectivity index (χ1n) is 4.01. The Morgan fingerprint density at radius 1 is 1.38 bits per heavy atom. The third-order valence-corrected chi connectivity index (χ3v) is 1.91. The maximum Gasteiger partial charge on any atom is 0.252 e. The number of ether oxygens (including phenoxy) is 1. The van der Waals surface area contributed by atoms with Gasteiger partial charge in [0.05, 0.1) is 12.7 Å². The number of carbonyl (C=O) groups excluding carboxylic acids is 1. The SMILES string of the molecule is COc1cc(C)cc(C)c1C(N)=O. The van der Waals surface area contributed by atoms with E-state index in [1.807, 2.05) is 19.9 Å². The molecule has 3 nitrogen and oxygen atoms in total. The second-order valence-corrected chi connectivity index (χ2v) is 3.02. The number of hydrogen-bond acceptors (Lipinski definition) is 2. The lowest BCUT2D eigenvalue weighted by Gasteiger charge is -2.09. The van der Waals surface area contributed by atoms with Gasteiger partial charge in [0.1, 0.15) is 5.75 Å². The summed E-state index contributed by atoms with van der Waals surface area (Å²) in [7, 11) is 1.53. The first-order valence-corrected chi connectivity index (χ1v) is 4.01. The van der Waals surface area contributed by atoms with Crippen molar-refractivity contribution in [2.75, 3.05) is 7.11 Å². The highest BCUT2D eigenvalue weighted by Crippen LogP contribution is 2.23. The van der Waals surface area contributed by atoms with Crippen LogP contribution < -0.4 is 10.5 Å². The highest BCUT2D eigenvalue weighted by molar-refractivity contribution is 5.97. The fourth-order valence-corrected chi connectivity index (χ4v) is 1.41. The number of nitrogens with two attached hydrogens (primary N) is 1. The topological polar surface area (TPSA) is 52.3 Å². The van der Waals surface area contributed by atoms with Crippen LogP contribution in [0, 0.1) is 13.8 Å². The molecule has 0 aromatic heterocycles. The number of benzene rings is 1. The Labute approximate surface area is 77.5 Å². The molecule has 0 bridgehead atoms. The van der Waals surface area contributed by atoms with E-state index in [4.69, 9.17) is 10.5 Å². The van der Waals surface area contributed by atoms with Gasteiger partial charge in [-0.1, -0.05) is 6.07 Å². The van der Waals surface area contributed by atoms with E-state index in [1.165, 1.54) is 7.11 Å². The molecule has 0 saturated carbocycles. The molecule has 0 aliphatic rings. The number of carbonyl (C=O) groups is 1. The van der Waals surface area contributed by atoms with Crippen molar-refractivity contribution in [3.8, 4) is 5.75 Å². The lowest BCUT2D eigenvalue weighted by molar-refractivity contribution is 0.0997. The maximum absolute atomic E-state index is 11.1. The van der Waals surface area contributed by atoms with E-state index in [1.54, 1.807) is 6.07 Å². The van der Waals surface area contributed by atoms with Crippen LogP contribution in [0.1, 0.15) is 21.5 Å². The number of hydrogen-bond donors (Lipinski definition) is 1. The molecule has 1 aromatic carbocycles. The Bertz CT molecular complexity index is 345. The molecule has 70 valence electrons. The fraction of sp³-hybridized carbons (Fsp3) is 0.300. The average Bonchev–Trinajstić information content (AvgIpc) is 2.01. The van der Waals surface area contributed by atoms with Crippen molar-refractivity contribution in [3.05, 3.63) is 28.8 Å². The van der Waals surface area contributed by atoms with Crippen molar-refractivity contribution in [1.29, 1.82) is 0 Å². The molecule has 2 N–H and O–H groups in total. The summed E-state index contributed by atoms with van der Waals surface area (Å²) in [5, 5.41) is 0. The molecule has 0 aliphatic carbocycles. The second kappa shape index (κ2) is 3.47. The lowest BCUT2D eigenvalue weighted by atomic mass is 10.0. The zero-order chi connectivity index (χ0) is 10.0. The minimum atomic E-state index is -0.450. The molecule has 13 heavy (non-hydrogen) atoms. The van der Waals surface area contributed by atoms with E-state index in [0.29, 0.717) is 11.3 Å². The molecule has 0 fully saturated rings. The van der Waals surface area contributed by atoms with Crippen LogP contribution >= 0.6 is 0 Å². The van der Waals surface area contributed by atoms with Crippen LogP contribution in [0.25, 0.3) is 0 Å². The number of aryl methyl sites for hydroxylation is 2. The summed E-state index contributed by atoms with van der Waals surface area (Å²) in [6.07, 6.45) is 0. The zero-order valence-corrected chi connectivity index (χ0v) is 8.05. The van der Waals surface area contributed by atoms with Gasteiger partial charge >= 0.3 is 0 Å². The van der Waals surface area contributed by atoms with Crippen molar-refractivity contribution in [1.82, 2.24) is 0 Å². The molecular weight excluding hydrogens is 166 g/mol. The molecule has 0 unspecified atom stereocenters. The van der Waals surface area contributed by atoms with Gasteiger partial charge in [-0.05, 0) is 31.0 Å². The quantitative estimate of drug-likeness (QED) is 0.746. The molecule has 0 spiro atoms. The molecule has 0 heterocycles. The molecule has 0 aliphatic heterocycles. The molecule has 1 aromatic rings. The van der Waals surface area contributed by atoms with Gasteiger partial charge in [0.2, 0.25) is 0 Å². The highest BCUT2D eigenvalue weighted by Gasteiger charge is 2.12. The maximum atomic E-state index is 11.1. The summed E-state index contributed by atoms with van der Waals surface area (Å²) in [5.74, 6) is 0.0966. The molecule has 0 atom stereocenters. The van der Waals surface area contributed by atoms with Crippen LogP contribution in [0.4, 0.5) is 0 Å². The predicted molar refractivity (Wildman–Crippen MR) is 51.0 cm³/mol. The van der Waals surface area contributed by atoms with Crippen molar-refractivity contribution in [2.24, 2.45) is 5.73 Å². The third-order valence-electron chi connectivity index (χ3n) is 1.91. The molecule has 1 rings (SSSR count). The number of primary amides is 1. The minimum Gasteiger partial charge on any atom is -0.496 e. The van der Waals surface area contributed by atoms with Crippen molar-refractivity contribution in [3.63, 3.8) is 0 Å². The smallest absolute Gasteiger partial charge is 0.252 e. The van der Waals surface area contributed by atoms with E-state index >= 15 is 0 Å². The van der Waals surface area contributed by atoms with Crippen molar-refractivity contribution >= 4 is 5.91 Å². The van der Waals surface area contributed by atoms with Crippen molar-refractivity contribution < 1.29 is 9.53 Å². The van der Waals surface area contributed by atoms with Gasteiger partial charge in [-0.3, -0.25) is 4.79 Å². The normalized spacial score (nSPS) is 9.77. The Balaban J connectivity index is 3.38. The van der Waals surface area contributed by atoms with E-state index in [0.717, 1.165) is 11.1 Å². The predicted octanol–water partition coefficient (Wildman–Crippen LogP) is 1.41. The monoisotopic (exact) mass is 179 g/mol. The first kappa shape index (κ1) is 9.58. The van der Waals surface area contributed by atoms with Crippen LogP contribution in [0.3, 0.4) is 0 Å². The van der Waals surface area contributed by atoms with Crippen LogP contribution in [0.15, 0.2) is 12.1 Å². The van der Waals surface area contributed by atoms with Gasteiger partial charge in [-0.25, -0.2) is 0 Å². The van der Waals surface area contributed by atoms with Gasteiger partial charge in [-0.2, -0.15) is 0 Å². The zero-order valence-electron chi connectivity index (χ0n) is 8.05. The largest absolute Gasteiger partial charge is 0.496 e. The van der Waals surface area contributed by atoms with Gasteiger partial charge in [0.25, 0.3) is 5.91 Å². The summed E-state index contributed by atoms with van der Waals surface area (Å²) in [6, 6.07) is 3.70. The van der Waals surface area contributed by atoms with E-state index in [2.05, 4.69) is 0 Å². The van der Waals surface area contributed by atoms with Gasteiger partial charge in [0, 0.05) is 0 Å². The Kier molecular flexibility index (Phi) is 2.56. The van der Waals surface area contributed by atoms with Crippen LogP contribution in [-0.2, 0) is 0 Å². The van der Waals surface area contributed by atoms with Crippen LogP contribution in [0.2, 0.25) is 0 Å². The van der Waals surface area contributed by atoms with Crippen molar-refractivity contribution in [2.45, 2.75) is 13.8 Å². The highest BCUT2D eigenvalue weighted by atomic mass is 16.5. The summed E-state index contributed by atoms with van der Waals surface area (Å²) >= 11 is 0. The summed E-state index contributed by atoms with van der Waals surface area (Å²) in [5.41, 5.74) is 7.59. The summed E-state index contributed by atoms with van der Waals surface area (Å²) in [4.78, 5) is 11.1. The van der Waals surface area contributed by atoms with Gasteiger partial charge in [0.15, 0.2) is 0 Å². The van der Waals surface area contributed by atoms with Crippen LogP contribution in [0.5, 0.6) is 5.75 Å². The number of rotatable bonds is 2. The Hall–Kier alpha value is -1.51. The Morgan fingerprint density at radius 3 is 2.46 bits per heavy atom. The lowest BCUT2D eigenvalue weighted by Crippen LogP contribution is -2.14. The number of methoxy groups -OCH3 is 1. The van der Waals surface area contributed by atoms with Crippen LogP contribution in [-0.4, -0.2) is 13.0 Å². The van der Waals surface area contributed by atoms with E-state index in [-0.39, 0.29) is 0 Å². The van der Waals surface area contributed by atoms with E-state index in [9.17, 15) is 4.79 Å². The number of amides is 1. The van der Waals surface area contributed by atoms with Gasteiger partial charge in [-0.15, -0.1) is 0 Å². The Morgan fingerprint density at radius 2 is 2.00 bits per heavy atom. The van der Waals surface area contributed by atoms with Gasteiger partial charge < -0.3 is 10.5 Å².